The normalized spacial score (nSPS) is 13.8. The van der Waals surface area contributed by atoms with Crippen molar-refractivity contribution in [3.8, 4) is 11.8 Å². The average molecular weight is 329 g/mol. The first-order valence-corrected chi connectivity index (χ1v) is 8.20. The molecule has 1 N–H and O–H groups in total. The summed E-state index contributed by atoms with van der Waals surface area (Å²) in [7, 11) is 0. The molecule has 122 valence electrons. The third kappa shape index (κ3) is 5.63. The van der Waals surface area contributed by atoms with E-state index in [0.29, 0.717) is 17.7 Å². The number of allylic oxidation sites excluding steroid dienone is 3. The molecule has 4 heteroatoms. The smallest absolute Gasteiger partial charge is 0.129 e. The highest BCUT2D eigenvalue weighted by molar-refractivity contribution is 8.11. The average Bonchev–Trinajstić information content (AvgIpc) is 2.54. The number of aliphatic hydroxyl groups excluding tert-OH is 1. The fourth-order valence-electron chi connectivity index (χ4n) is 1.84. The minimum atomic E-state index is -0.668. The van der Waals surface area contributed by atoms with E-state index in [-0.39, 0.29) is 6.61 Å². The number of nitriles is 1. The van der Waals surface area contributed by atoms with Crippen molar-refractivity contribution < 1.29 is 9.84 Å². The highest BCUT2D eigenvalue weighted by Gasteiger charge is 2.23. The van der Waals surface area contributed by atoms with Gasteiger partial charge in [-0.3, -0.25) is 0 Å². The number of thioether (sulfide) groups is 1. The van der Waals surface area contributed by atoms with E-state index < -0.39 is 5.60 Å². The summed E-state index contributed by atoms with van der Waals surface area (Å²) in [6, 6.07) is 7.45. The fraction of sp³-hybridized carbons (Fsp3) is 0.316. The number of hydrogen-bond acceptors (Lipinski definition) is 4. The van der Waals surface area contributed by atoms with Crippen LogP contribution in [0.5, 0.6) is 5.75 Å². The molecule has 1 unspecified atom stereocenters. The lowest BCUT2D eigenvalue weighted by Gasteiger charge is -2.27. The summed E-state index contributed by atoms with van der Waals surface area (Å²) in [6.45, 7) is 13.4. The summed E-state index contributed by atoms with van der Waals surface area (Å²) in [5.74, 6) is 0.560. The molecule has 0 bridgehead atoms. The summed E-state index contributed by atoms with van der Waals surface area (Å²) >= 11 is 1.52. The third-order valence-corrected chi connectivity index (χ3v) is 4.38. The van der Waals surface area contributed by atoms with Gasteiger partial charge in [0.1, 0.15) is 11.4 Å². The highest BCUT2D eigenvalue weighted by atomic mass is 32.2. The van der Waals surface area contributed by atoms with Crippen molar-refractivity contribution in [3.05, 3.63) is 59.5 Å². The monoisotopic (exact) mass is 329 g/mol. The molecule has 3 nitrogen and oxygen atoms in total. The first-order valence-electron chi connectivity index (χ1n) is 7.39. The quantitative estimate of drug-likeness (QED) is 0.690. The van der Waals surface area contributed by atoms with Crippen LogP contribution in [0.25, 0.3) is 4.91 Å². The van der Waals surface area contributed by atoms with Crippen molar-refractivity contribution in [1.82, 2.24) is 0 Å². The molecular formula is C19H23NO2S. The van der Waals surface area contributed by atoms with Gasteiger partial charge >= 0.3 is 0 Å². The zero-order valence-corrected chi connectivity index (χ0v) is 14.7. The molecule has 0 saturated carbocycles. The molecule has 0 aliphatic rings. The van der Waals surface area contributed by atoms with Crippen LogP contribution in [0.1, 0.15) is 38.3 Å². The van der Waals surface area contributed by atoms with E-state index in [1.165, 1.54) is 11.8 Å². The van der Waals surface area contributed by atoms with Crippen LogP contribution in [0.4, 0.5) is 0 Å². The third-order valence-electron chi connectivity index (χ3n) is 3.44. The van der Waals surface area contributed by atoms with Crippen LogP contribution in [0.15, 0.2) is 48.4 Å². The molecule has 0 saturated heterocycles. The van der Waals surface area contributed by atoms with Gasteiger partial charge in [0.15, 0.2) is 0 Å². The topological polar surface area (TPSA) is 53.2 Å². The van der Waals surface area contributed by atoms with Gasteiger partial charge in [0.2, 0.25) is 0 Å². The van der Waals surface area contributed by atoms with Gasteiger partial charge in [0, 0.05) is 4.91 Å². The Bertz CT molecular complexity index is 652. The van der Waals surface area contributed by atoms with Crippen molar-refractivity contribution in [2.75, 3.05) is 6.61 Å². The zero-order chi connectivity index (χ0) is 17.5. The number of benzene rings is 1. The van der Waals surface area contributed by atoms with E-state index >= 15 is 0 Å². The molecule has 0 heterocycles. The van der Waals surface area contributed by atoms with Crippen molar-refractivity contribution >= 4 is 16.7 Å². The van der Waals surface area contributed by atoms with Crippen LogP contribution >= 0.6 is 11.8 Å². The maximum Gasteiger partial charge on any atom is 0.129 e. The van der Waals surface area contributed by atoms with Crippen LogP contribution in [0, 0.1) is 11.3 Å². The predicted octanol–water partition coefficient (Wildman–Crippen LogP) is 4.89. The van der Waals surface area contributed by atoms with E-state index in [2.05, 4.69) is 19.2 Å². The maximum absolute atomic E-state index is 9.50. The van der Waals surface area contributed by atoms with Gasteiger partial charge < -0.3 is 9.84 Å². The van der Waals surface area contributed by atoms with Crippen molar-refractivity contribution in [2.45, 2.75) is 32.8 Å². The lowest BCUT2D eigenvalue weighted by Crippen LogP contribution is -2.35. The Morgan fingerprint density at radius 1 is 1.48 bits per heavy atom. The molecular weight excluding hydrogens is 306 g/mol. The molecule has 0 fully saturated rings. The molecule has 0 aromatic heterocycles. The van der Waals surface area contributed by atoms with Gasteiger partial charge in [-0.1, -0.05) is 44.0 Å². The Hall–Kier alpha value is -1.96. The molecule has 0 aliphatic heterocycles. The first kappa shape index (κ1) is 19.1. The maximum atomic E-state index is 9.50. The summed E-state index contributed by atoms with van der Waals surface area (Å²) in [6.07, 6.45) is 4.29. The largest absolute Gasteiger partial charge is 0.485 e. The lowest BCUT2D eigenvalue weighted by molar-refractivity contribution is 0.0219. The Labute approximate surface area is 143 Å². The Morgan fingerprint density at radius 2 is 2.17 bits per heavy atom. The van der Waals surface area contributed by atoms with Gasteiger partial charge in [0.25, 0.3) is 0 Å². The van der Waals surface area contributed by atoms with Crippen LogP contribution in [0.2, 0.25) is 0 Å². The van der Waals surface area contributed by atoms with Gasteiger partial charge in [-0.05, 0) is 48.9 Å². The molecule has 0 radical (unpaired) electrons. The summed E-state index contributed by atoms with van der Waals surface area (Å²) in [4.78, 5) is 1.88. The molecule has 1 atom stereocenters. The molecule has 23 heavy (non-hydrogen) atoms. The van der Waals surface area contributed by atoms with Crippen LogP contribution in [-0.4, -0.2) is 17.3 Å². The van der Waals surface area contributed by atoms with Crippen molar-refractivity contribution in [1.29, 1.82) is 5.26 Å². The number of nitrogens with zero attached hydrogens (tertiary/aromatic N) is 1. The standard InChI is InChI=1S/C19H23NO2S/c1-6-8-14(3)23-15(4)17-9-16(12-20)10-18(11-17)22-19(5,7-2)13-21/h6,8-11,21H,1,4,7,13H2,2-3,5H3/b14-8-. The number of hydrogen-bond donors (Lipinski definition) is 1. The van der Waals surface area contributed by atoms with Crippen LogP contribution < -0.4 is 4.74 Å². The molecule has 0 spiro atoms. The lowest BCUT2D eigenvalue weighted by atomic mass is 10.0. The summed E-state index contributed by atoms with van der Waals surface area (Å²) < 4.78 is 5.90. The van der Waals surface area contributed by atoms with E-state index in [9.17, 15) is 10.4 Å². The van der Waals surface area contributed by atoms with E-state index in [4.69, 9.17) is 4.74 Å². The van der Waals surface area contributed by atoms with Gasteiger partial charge in [0.05, 0.1) is 18.2 Å². The van der Waals surface area contributed by atoms with E-state index in [1.54, 1.807) is 18.2 Å². The van der Waals surface area contributed by atoms with Gasteiger partial charge in [-0.2, -0.15) is 5.26 Å². The van der Waals surface area contributed by atoms with E-state index in [0.717, 1.165) is 15.4 Å². The number of ether oxygens (including phenoxy) is 1. The van der Waals surface area contributed by atoms with Crippen molar-refractivity contribution in [3.63, 3.8) is 0 Å². The predicted molar refractivity (Wildman–Crippen MR) is 98.1 cm³/mol. The Balaban J connectivity index is 3.13. The second kappa shape index (κ2) is 8.61. The molecule has 0 amide bonds. The number of aliphatic hydroxyl groups is 1. The van der Waals surface area contributed by atoms with Gasteiger partial charge in [-0.15, -0.1) is 0 Å². The first-order chi connectivity index (χ1) is 10.9. The minimum Gasteiger partial charge on any atom is -0.485 e. The van der Waals surface area contributed by atoms with Crippen LogP contribution in [0.3, 0.4) is 0 Å². The molecule has 1 aromatic carbocycles. The SMILES string of the molecule is C=C/C=C(/C)SC(=C)c1cc(C#N)cc(OC(C)(CC)CO)c1. The molecule has 0 aliphatic carbocycles. The molecule has 1 rings (SSSR count). The van der Waals surface area contributed by atoms with E-state index in [1.807, 2.05) is 32.9 Å². The fourth-order valence-corrected chi connectivity index (χ4v) is 2.63. The minimum absolute atomic E-state index is 0.0908. The second-order valence-electron chi connectivity index (χ2n) is 5.46. The van der Waals surface area contributed by atoms with Crippen LogP contribution in [-0.2, 0) is 0 Å². The summed E-state index contributed by atoms with van der Waals surface area (Å²) in [5, 5.41) is 18.7. The number of rotatable bonds is 8. The molecule has 1 aromatic rings. The zero-order valence-electron chi connectivity index (χ0n) is 13.9. The second-order valence-corrected chi connectivity index (χ2v) is 6.80. The van der Waals surface area contributed by atoms with Gasteiger partial charge in [-0.25, -0.2) is 0 Å². The highest BCUT2D eigenvalue weighted by Crippen LogP contribution is 2.35. The summed E-state index contributed by atoms with van der Waals surface area (Å²) in [5.41, 5.74) is 0.664. The Morgan fingerprint density at radius 3 is 2.70 bits per heavy atom. The van der Waals surface area contributed by atoms with Crippen molar-refractivity contribution in [2.24, 2.45) is 0 Å². The Kier molecular flexibility index (Phi) is 7.15.